The number of halogens is 3. The minimum atomic E-state index is -4.68. The lowest BCUT2D eigenvalue weighted by Crippen LogP contribution is -2.12. The molecule has 0 fully saturated rings. The van der Waals surface area contributed by atoms with Crippen LogP contribution in [0.1, 0.15) is 11.5 Å². The largest absolute Gasteiger partial charge is 0.470 e. The molecule has 0 spiro atoms. The van der Waals surface area contributed by atoms with Crippen LogP contribution in [-0.2, 0) is 17.5 Å². The number of rotatable bonds is 3. The molecule has 0 saturated carbocycles. The fraction of sp³-hybridized carbons (Fsp3) is 0.182. The molecule has 20 heavy (non-hydrogen) atoms. The lowest BCUT2D eigenvalue weighted by atomic mass is 10.1. The second-order valence-corrected chi connectivity index (χ2v) is 3.71. The van der Waals surface area contributed by atoms with Gasteiger partial charge in [0.25, 0.3) is 0 Å². The number of primary amides is 1. The third-order valence-electron chi connectivity index (χ3n) is 2.25. The lowest BCUT2D eigenvalue weighted by Gasteiger charge is -2.02. The number of ether oxygens (including phenoxy) is 1. The van der Waals surface area contributed by atoms with Crippen LogP contribution in [0.5, 0.6) is 0 Å². The monoisotopic (exact) mass is 287 g/mol. The molecular formula is C11H8F3N3O3. The van der Waals surface area contributed by atoms with Gasteiger partial charge in [0, 0.05) is 5.56 Å². The normalized spacial score (nSPS) is 11.3. The van der Waals surface area contributed by atoms with Crippen molar-refractivity contribution < 1.29 is 27.1 Å². The molecule has 6 nitrogen and oxygen atoms in total. The molecule has 9 heteroatoms. The highest BCUT2D eigenvalue weighted by molar-refractivity contribution is 5.64. The van der Waals surface area contributed by atoms with E-state index in [9.17, 15) is 18.0 Å². The Morgan fingerprint density at radius 1 is 1.25 bits per heavy atom. The number of carbonyl (C=O) groups is 1. The molecule has 0 bridgehead atoms. The summed E-state index contributed by atoms with van der Waals surface area (Å²) in [6, 6.07) is 6.01. The summed E-state index contributed by atoms with van der Waals surface area (Å²) in [7, 11) is 0. The van der Waals surface area contributed by atoms with E-state index in [0.29, 0.717) is 11.1 Å². The lowest BCUT2D eigenvalue weighted by molar-refractivity contribution is -0.156. The second-order valence-electron chi connectivity index (χ2n) is 3.71. The van der Waals surface area contributed by atoms with E-state index in [-0.39, 0.29) is 12.5 Å². The van der Waals surface area contributed by atoms with Crippen LogP contribution in [0.3, 0.4) is 0 Å². The smallest absolute Gasteiger partial charge is 0.445 e. The Morgan fingerprint density at radius 2 is 1.90 bits per heavy atom. The average Bonchev–Trinajstić information content (AvgIpc) is 2.86. The van der Waals surface area contributed by atoms with Crippen molar-refractivity contribution in [3.8, 4) is 11.5 Å². The van der Waals surface area contributed by atoms with Gasteiger partial charge in [-0.15, -0.1) is 10.2 Å². The van der Waals surface area contributed by atoms with Crippen molar-refractivity contribution in [2.45, 2.75) is 12.8 Å². The number of hydrogen-bond donors (Lipinski definition) is 1. The summed E-state index contributed by atoms with van der Waals surface area (Å²) in [5.74, 6) is -1.66. The van der Waals surface area contributed by atoms with Gasteiger partial charge in [-0.2, -0.15) is 13.2 Å². The van der Waals surface area contributed by atoms with E-state index in [4.69, 9.17) is 5.73 Å². The number of nitrogens with two attached hydrogens (primary N) is 1. The zero-order chi connectivity index (χ0) is 14.8. The van der Waals surface area contributed by atoms with Gasteiger partial charge in [0.15, 0.2) is 0 Å². The van der Waals surface area contributed by atoms with E-state index in [1.54, 1.807) is 0 Å². The topological polar surface area (TPSA) is 91.2 Å². The standard InChI is InChI=1S/C11H8F3N3O3/c12-11(13,14)9-17-16-8(20-9)7-3-1-6(2-4-7)5-19-10(15)18/h1-4H,5H2,(H2,15,18). The maximum atomic E-state index is 12.3. The Morgan fingerprint density at radius 3 is 2.40 bits per heavy atom. The van der Waals surface area contributed by atoms with Crippen molar-refractivity contribution in [2.75, 3.05) is 0 Å². The predicted molar refractivity (Wildman–Crippen MR) is 59.1 cm³/mol. The number of aromatic nitrogens is 2. The van der Waals surface area contributed by atoms with E-state index in [1.807, 2.05) is 0 Å². The Balaban J connectivity index is 2.14. The van der Waals surface area contributed by atoms with Crippen LogP contribution >= 0.6 is 0 Å². The summed E-state index contributed by atoms with van der Waals surface area (Å²) in [5, 5.41) is 6.23. The van der Waals surface area contributed by atoms with Gasteiger partial charge in [0.1, 0.15) is 6.61 Å². The van der Waals surface area contributed by atoms with Crippen LogP contribution in [0.2, 0.25) is 0 Å². The van der Waals surface area contributed by atoms with Crippen LogP contribution in [-0.4, -0.2) is 16.3 Å². The Labute approximate surface area is 110 Å². The molecule has 0 saturated heterocycles. The summed E-state index contributed by atoms with van der Waals surface area (Å²) < 4.78 is 46.0. The van der Waals surface area contributed by atoms with Crippen LogP contribution in [0.4, 0.5) is 18.0 Å². The number of alkyl halides is 3. The summed E-state index contributed by atoms with van der Waals surface area (Å²) in [6.45, 7) is -0.0345. The highest BCUT2D eigenvalue weighted by atomic mass is 19.4. The van der Waals surface area contributed by atoms with Crippen molar-refractivity contribution in [2.24, 2.45) is 5.73 Å². The molecule has 0 aliphatic heterocycles. The summed E-state index contributed by atoms with van der Waals surface area (Å²) >= 11 is 0. The van der Waals surface area contributed by atoms with Gasteiger partial charge in [-0.1, -0.05) is 12.1 Å². The Kier molecular flexibility index (Phi) is 3.59. The molecule has 1 aromatic heterocycles. The van der Waals surface area contributed by atoms with Gasteiger partial charge in [-0.25, -0.2) is 4.79 Å². The number of nitrogens with zero attached hydrogens (tertiary/aromatic N) is 2. The SMILES string of the molecule is NC(=O)OCc1ccc(-c2nnc(C(F)(F)F)o2)cc1. The highest BCUT2D eigenvalue weighted by Crippen LogP contribution is 2.30. The molecule has 2 N–H and O–H groups in total. The first kappa shape index (κ1) is 13.8. The van der Waals surface area contributed by atoms with Crippen molar-refractivity contribution in [3.05, 3.63) is 35.7 Å². The summed E-state index contributed by atoms with van der Waals surface area (Å²) in [4.78, 5) is 10.4. The van der Waals surface area contributed by atoms with Crippen LogP contribution < -0.4 is 5.73 Å². The molecule has 0 aliphatic rings. The average molecular weight is 287 g/mol. The van der Waals surface area contributed by atoms with E-state index in [2.05, 4.69) is 19.4 Å². The van der Waals surface area contributed by atoms with Crippen molar-refractivity contribution >= 4 is 6.09 Å². The van der Waals surface area contributed by atoms with Gasteiger partial charge in [-0.3, -0.25) is 0 Å². The first-order chi connectivity index (χ1) is 9.36. The minimum absolute atomic E-state index is 0.0345. The number of amides is 1. The Hall–Kier alpha value is -2.58. The second kappa shape index (κ2) is 5.19. The molecular weight excluding hydrogens is 279 g/mol. The summed E-state index contributed by atoms with van der Waals surface area (Å²) in [5.41, 5.74) is 5.73. The van der Waals surface area contributed by atoms with E-state index in [0.717, 1.165) is 0 Å². The first-order valence-electron chi connectivity index (χ1n) is 5.28. The van der Waals surface area contributed by atoms with Gasteiger partial charge in [-0.05, 0) is 17.7 Å². The predicted octanol–water partition coefficient (Wildman–Crippen LogP) is 2.35. The number of hydrogen-bond acceptors (Lipinski definition) is 5. The fourth-order valence-corrected chi connectivity index (χ4v) is 1.35. The maximum Gasteiger partial charge on any atom is 0.470 e. The molecule has 1 aromatic carbocycles. The van der Waals surface area contributed by atoms with Gasteiger partial charge >= 0.3 is 18.2 Å². The van der Waals surface area contributed by atoms with Gasteiger partial charge < -0.3 is 14.9 Å². The third kappa shape index (κ3) is 3.25. The van der Waals surface area contributed by atoms with E-state index in [1.165, 1.54) is 24.3 Å². The minimum Gasteiger partial charge on any atom is -0.445 e. The zero-order valence-electron chi connectivity index (χ0n) is 9.85. The van der Waals surface area contributed by atoms with Crippen LogP contribution in [0.25, 0.3) is 11.5 Å². The third-order valence-corrected chi connectivity index (χ3v) is 2.25. The quantitative estimate of drug-likeness (QED) is 0.935. The first-order valence-corrected chi connectivity index (χ1v) is 5.28. The van der Waals surface area contributed by atoms with Crippen molar-refractivity contribution in [3.63, 3.8) is 0 Å². The number of benzene rings is 1. The van der Waals surface area contributed by atoms with Crippen molar-refractivity contribution in [1.29, 1.82) is 0 Å². The molecule has 2 rings (SSSR count). The molecule has 106 valence electrons. The molecule has 2 aromatic rings. The molecule has 0 radical (unpaired) electrons. The Bertz CT molecular complexity index is 607. The maximum absolute atomic E-state index is 12.3. The van der Waals surface area contributed by atoms with Gasteiger partial charge in [0.05, 0.1) is 0 Å². The summed E-state index contributed by atoms with van der Waals surface area (Å²) in [6.07, 6.45) is -5.60. The van der Waals surface area contributed by atoms with E-state index >= 15 is 0 Å². The van der Waals surface area contributed by atoms with Crippen molar-refractivity contribution in [1.82, 2.24) is 10.2 Å². The number of carbonyl (C=O) groups excluding carboxylic acids is 1. The molecule has 0 aliphatic carbocycles. The van der Waals surface area contributed by atoms with Crippen LogP contribution in [0, 0.1) is 0 Å². The molecule has 1 amide bonds. The van der Waals surface area contributed by atoms with Crippen LogP contribution in [0.15, 0.2) is 28.7 Å². The fourth-order valence-electron chi connectivity index (χ4n) is 1.35. The molecule has 1 heterocycles. The van der Waals surface area contributed by atoms with Gasteiger partial charge in [0.2, 0.25) is 5.89 Å². The molecule has 0 unspecified atom stereocenters. The van der Waals surface area contributed by atoms with E-state index < -0.39 is 18.2 Å². The molecule has 0 atom stereocenters. The zero-order valence-corrected chi connectivity index (χ0v) is 9.85. The highest BCUT2D eigenvalue weighted by Gasteiger charge is 2.38.